The molecule has 0 amide bonds. The van der Waals surface area contributed by atoms with Crippen LogP contribution in [0.3, 0.4) is 0 Å². The predicted molar refractivity (Wildman–Crippen MR) is 192 cm³/mol. The molecule has 2 saturated heterocycles. The number of hydrogen-bond acceptors (Lipinski definition) is 11. The summed E-state index contributed by atoms with van der Waals surface area (Å²) < 4.78 is 90.9. The quantitative estimate of drug-likeness (QED) is 0.132. The Morgan fingerprint density at radius 1 is 1.11 bits per heavy atom. The summed E-state index contributed by atoms with van der Waals surface area (Å²) in [6.45, 7) is 11.2. The molecule has 8 rings (SSSR count). The van der Waals surface area contributed by atoms with Gasteiger partial charge in [0.15, 0.2) is 5.82 Å². The Balaban J connectivity index is 1.41. The monoisotopic (exact) mass is 746 g/mol. The van der Waals surface area contributed by atoms with Gasteiger partial charge in [-0.2, -0.15) is 28.4 Å². The molecule has 272 valence electrons. The highest BCUT2D eigenvalue weighted by Gasteiger charge is 2.49. The topological polar surface area (TPSA) is 139 Å². The molecular weight excluding hydrogens is 716 g/mol. The summed E-state index contributed by atoms with van der Waals surface area (Å²) in [6, 6.07) is 6.25. The van der Waals surface area contributed by atoms with E-state index in [1.165, 1.54) is 6.20 Å². The maximum atomic E-state index is 17.4. The smallest absolute Gasteiger partial charge is 0.420 e. The number of aromatic nitrogens is 3. The zero-order valence-corrected chi connectivity index (χ0v) is 29.1. The van der Waals surface area contributed by atoms with Gasteiger partial charge < -0.3 is 25.8 Å². The average Bonchev–Trinajstić information content (AvgIpc) is 3.65. The molecule has 0 saturated carbocycles. The van der Waals surface area contributed by atoms with E-state index in [2.05, 4.69) is 33.0 Å². The van der Waals surface area contributed by atoms with Gasteiger partial charge in [-0.15, -0.1) is 11.3 Å². The summed E-state index contributed by atoms with van der Waals surface area (Å²) in [5, 5.41) is 9.21. The van der Waals surface area contributed by atoms with E-state index in [4.69, 9.17) is 20.9 Å². The van der Waals surface area contributed by atoms with E-state index in [9.17, 15) is 5.26 Å². The number of alkyl halides is 3. The first kappa shape index (κ1) is 34.6. The molecule has 3 aliphatic rings. The lowest BCUT2D eigenvalue weighted by Crippen LogP contribution is -2.43. The van der Waals surface area contributed by atoms with E-state index in [0.717, 1.165) is 23.3 Å². The number of halogens is 5. The zero-order chi connectivity index (χ0) is 37.6. The third kappa shape index (κ3) is 5.40. The van der Waals surface area contributed by atoms with Crippen LogP contribution < -0.4 is 25.8 Å². The molecular formula is C37H31F5N8O2S. The second-order valence-corrected chi connectivity index (χ2v) is 14.7. The van der Waals surface area contributed by atoms with Crippen LogP contribution in [0.25, 0.3) is 32.1 Å². The number of anilines is 3. The molecule has 0 unspecified atom stereocenters. The van der Waals surface area contributed by atoms with Gasteiger partial charge in [-0.3, -0.25) is 4.90 Å². The Morgan fingerprint density at radius 2 is 1.85 bits per heavy atom. The number of pyridine rings is 1. The van der Waals surface area contributed by atoms with Gasteiger partial charge in [0.05, 0.1) is 33.8 Å². The summed E-state index contributed by atoms with van der Waals surface area (Å²) >= 11 is 0.681. The Labute approximate surface area is 303 Å². The molecule has 3 aromatic heterocycles. The molecule has 3 aliphatic heterocycles. The molecule has 10 nitrogen and oxygen atoms in total. The number of nitrogens with zero attached hydrogens (tertiary/aromatic N) is 6. The van der Waals surface area contributed by atoms with Gasteiger partial charge in [-0.25, -0.2) is 13.8 Å². The highest BCUT2D eigenvalue weighted by atomic mass is 32.1. The minimum absolute atomic E-state index is 0.00177. The first-order chi connectivity index (χ1) is 25.2. The van der Waals surface area contributed by atoms with Crippen molar-refractivity contribution < 1.29 is 31.4 Å². The summed E-state index contributed by atoms with van der Waals surface area (Å²) in [4.78, 5) is 17.1. The van der Waals surface area contributed by atoms with Crippen LogP contribution in [0, 0.1) is 23.0 Å². The summed E-state index contributed by atoms with van der Waals surface area (Å²) in [5.41, 5.74) is 10.7. The fourth-order valence-corrected chi connectivity index (χ4v) is 8.99. The van der Waals surface area contributed by atoms with Crippen molar-refractivity contribution in [2.24, 2.45) is 0 Å². The van der Waals surface area contributed by atoms with Gasteiger partial charge in [-0.05, 0) is 37.5 Å². The van der Waals surface area contributed by atoms with Gasteiger partial charge in [0, 0.05) is 35.8 Å². The lowest BCUT2D eigenvalue weighted by atomic mass is 9.91. The molecule has 53 heavy (non-hydrogen) atoms. The van der Waals surface area contributed by atoms with E-state index >= 15 is 22.0 Å². The first-order valence-electron chi connectivity index (χ1n) is 16.6. The van der Waals surface area contributed by atoms with E-state index in [1.807, 2.05) is 6.07 Å². The van der Waals surface area contributed by atoms with Crippen molar-refractivity contribution in [2.75, 3.05) is 49.2 Å². The standard InChI is InChI=1S/C37H31F5N8O2S/c1-17-11-36(12-18(2)15-49(36)14-17)16-52-35-47-29-26-30(51-10-9-50(34(26)48-35)19(3)20-5-4-8-46-32(20)44)27(37(40,41)42)25(28(29)39)21-6-7-23(38)31-24(21)22(13-43)33(45)53-31/h4-8,19H,1-2,9-12,14-16,45H2,3H3,(H2,44,46)/t19-/m1/s1. The van der Waals surface area contributed by atoms with E-state index in [-0.39, 0.29) is 63.4 Å². The average molecular weight is 747 g/mol. The highest BCUT2D eigenvalue weighted by Crippen LogP contribution is 2.54. The maximum Gasteiger partial charge on any atom is 0.420 e. The van der Waals surface area contributed by atoms with E-state index in [1.54, 1.807) is 24.0 Å². The second-order valence-electron chi connectivity index (χ2n) is 13.6. The zero-order valence-electron chi connectivity index (χ0n) is 28.3. The summed E-state index contributed by atoms with van der Waals surface area (Å²) in [5.74, 6) is -2.83. The van der Waals surface area contributed by atoms with E-state index in [0.29, 0.717) is 42.8 Å². The molecule has 4 N–H and O–H groups in total. The van der Waals surface area contributed by atoms with Crippen molar-refractivity contribution in [3.05, 3.63) is 83.1 Å². The molecule has 5 aromatic rings. The molecule has 0 aliphatic carbocycles. The van der Waals surface area contributed by atoms with Crippen molar-refractivity contribution >= 4 is 49.0 Å². The molecule has 6 heterocycles. The highest BCUT2D eigenvalue weighted by molar-refractivity contribution is 7.23. The fraction of sp³-hybridized carbons (Fsp3) is 0.297. The Kier molecular flexibility index (Phi) is 8.00. The molecule has 0 bridgehead atoms. The molecule has 0 spiro atoms. The van der Waals surface area contributed by atoms with Crippen LogP contribution in [0.1, 0.15) is 42.5 Å². The number of hydrogen-bond donors (Lipinski definition) is 2. The minimum atomic E-state index is -5.21. The Hall–Kier alpha value is -5.53. The van der Waals surface area contributed by atoms with Crippen LogP contribution in [-0.4, -0.2) is 58.2 Å². The molecule has 0 radical (unpaired) electrons. The normalized spacial score (nSPS) is 17.6. The largest absolute Gasteiger partial charge is 0.490 e. The number of thiophene rings is 1. The molecule has 2 fully saturated rings. The number of ether oxygens (including phenoxy) is 2. The van der Waals surface area contributed by atoms with Crippen LogP contribution in [0.2, 0.25) is 0 Å². The Bertz CT molecular complexity index is 2420. The van der Waals surface area contributed by atoms with Crippen molar-refractivity contribution in [1.29, 1.82) is 5.26 Å². The minimum Gasteiger partial charge on any atom is -0.490 e. The third-order valence-corrected chi connectivity index (χ3v) is 11.3. The number of nitrogens with two attached hydrogens (primary N) is 2. The first-order valence-corrected chi connectivity index (χ1v) is 17.4. The van der Waals surface area contributed by atoms with Gasteiger partial charge in [0.25, 0.3) is 0 Å². The predicted octanol–water partition coefficient (Wildman–Crippen LogP) is 7.54. The number of benzene rings is 2. The van der Waals surface area contributed by atoms with Crippen LogP contribution in [0.5, 0.6) is 11.8 Å². The number of nitriles is 1. The number of rotatable bonds is 6. The fourth-order valence-electron chi connectivity index (χ4n) is 8.04. The van der Waals surface area contributed by atoms with Crippen LogP contribution in [0.15, 0.2) is 54.8 Å². The van der Waals surface area contributed by atoms with Gasteiger partial charge in [0.2, 0.25) is 0 Å². The second kappa shape index (κ2) is 12.3. The van der Waals surface area contributed by atoms with Crippen molar-refractivity contribution in [1.82, 2.24) is 19.9 Å². The van der Waals surface area contributed by atoms with Gasteiger partial charge in [0.1, 0.15) is 58.6 Å². The van der Waals surface area contributed by atoms with Crippen LogP contribution in [0.4, 0.5) is 38.6 Å². The van der Waals surface area contributed by atoms with Gasteiger partial charge >= 0.3 is 12.2 Å². The van der Waals surface area contributed by atoms with Crippen LogP contribution >= 0.6 is 11.3 Å². The van der Waals surface area contributed by atoms with Crippen molar-refractivity contribution in [2.45, 2.75) is 37.5 Å². The summed E-state index contributed by atoms with van der Waals surface area (Å²) in [6.07, 6.45) is -2.47. The third-order valence-electron chi connectivity index (χ3n) is 10.3. The molecule has 2 aromatic carbocycles. The van der Waals surface area contributed by atoms with Crippen LogP contribution in [-0.2, 0) is 6.18 Å². The van der Waals surface area contributed by atoms with Gasteiger partial charge in [-0.1, -0.05) is 36.4 Å². The lowest BCUT2D eigenvalue weighted by molar-refractivity contribution is -0.138. The van der Waals surface area contributed by atoms with Crippen molar-refractivity contribution in [3.63, 3.8) is 0 Å². The number of fused-ring (bicyclic) bond motifs is 2. The SMILES string of the molecule is C=C1CN2CC(=C)CC2(COc2nc3c4c(c(C(F)(F)F)c(-c5ccc(F)c6sc(N)c(C#N)c56)c(F)c4n2)OCCN3[C@H](C)c2cccnc2N)C1. The Morgan fingerprint density at radius 3 is 2.53 bits per heavy atom. The molecule has 1 atom stereocenters. The number of nitrogen functional groups attached to an aromatic ring is 2. The molecule has 16 heteroatoms. The lowest BCUT2D eigenvalue weighted by Gasteiger charge is -2.32. The van der Waals surface area contributed by atoms with Crippen molar-refractivity contribution in [3.8, 4) is 29.0 Å². The summed E-state index contributed by atoms with van der Waals surface area (Å²) in [7, 11) is 0. The van der Waals surface area contributed by atoms with E-state index < -0.39 is 57.3 Å². The maximum absolute atomic E-state index is 17.4.